The Balaban J connectivity index is 2.45. The van der Waals surface area contributed by atoms with Gasteiger partial charge < -0.3 is 10.5 Å². The van der Waals surface area contributed by atoms with E-state index in [1.165, 1.54) is 19.3 Å². The Hall–Kier alpha value is -1.16. The molecule has 1 aliphatic carbocycles. The van der Waals surface area contributed by atoms with Crippen LogP contribution in [0.5, 0.6) is 0 Å². The van der Waals surface area contributed by atoms with Gasteiger partial charge in [-0.2, -0.15) is 0 Å². The molecule has 0 aromatic carbocycles. The van der Waals surface area contributed by atoms with Gasteiger partial charge >= 0.3 is 0 Å². The lowest BCUT2D eigenvalue weighted by Crippen LogP contribution is -2.35. The molecule has 0 atom stereocenters. The topological polar surface area (TPSA) is 61.0 Å². The summed E-state index contributed by atoms with van der Waals surface area (Å²) in [5.41, 5.74) is 6.64. The Kier molecular flexibility index (Phi) is 4.33. The predicted molar refractivity (Wildman–Crippen MR) is 81.5 cm³/mol. The first-order chi connectivity index (χ1) is 9.37. The third-order valence-corrected chi connectivity index (χ3v) is 4.00. The summed E-state index contributed by atoms with van der Waals surface area (Å²) in [4.78, 5) is 9.31. The lowest BCUT2D eigenvalue weighted by Gasteiger charge is -2.36. The first-order valence-corrected chi connectivity index (χ1v) is 7.67. The smallest absolute Gasteiger partial charge is 0.162 e. The predicted octanol–water partition coefficient (Wildman–Crippen LogP) is 3.55. The molecular weight excluding hydrogens is 250 g/mol. The maximum atomic E-state index is 6.10. The summed E-state index contributed by atoms with van der Waals surface area (Å²) in [7, 11) is 0. The van der Waals surface area contributed by atoms with E-state index >= 15 is 0 Å². The monoisotopic (exact) mass is 277 g/mol. The zero-order valence-electron chi connectivity index (χ0n) is 13.2. The highest BCUT2D eigenvalue weighted by Crippen LogP contribution is 2.39. The van der Waals surface area contributed by atoms with Gasteiger partial charge in [-0.3, -0.25) is 0 Å². The first kappa shape index (κ1) is 15.2. The number of nitrogens with two attached hydrogens (primary N) is 1. The van der Waals surface area contributed by atoms with Crippen LogP contribution in [0.15, 0.2) is 6.07 Å². The highest BCUT2D eigenvalue weighted by atomic mass is 16.5. The average molecular weight is 277 g/mol. The van der Waals surface area contributed by atoms with Crippen molar-refractivity contribution < 1.29 is 4.74 Å². The van der Waals surface area contributed by atoms with Gasteiger partial charge in [0.2, 0.25) is 0 Å². The highest BCUT2D eigenvalue weighted by molar-refractivity contribution is 5.34. The largest absolute Gasteiger partial charge is 0.384 e. The molecule has 0 radical (unpaired) electrons. The lowest BCUT2D eigenvalue weighted by atomic mass is 9.83. The van der Waals surface area contributed by atoms with Crippen molar-refractivity contribution in [1.29, 1.82) is 0 Å². The summed E-state index contributed by atoms with van der Waals surface area (Å²) in [6.07, 6.45) is 5.59. The summed E-state index contributed by atoms with van der Waals surface area (Å²) in [5, 5.41) is 0. The van der Waals surface area contributed by atoms with Gasteiger partial charge in [0.25, 0.3) is 0 Å². The summed E-state index contributed by atoms with van der Waals surface area (Å²) >= 11 is 0. The number of hydrogen-bond acceptors (Lipinski definition) is 4. The molecule has 0 saturated heterocycles. The molecule has 0 aliphatic heterocycles. The molecule has 0 spiro atoms. The van der Waals surface area contributed by atoms with E-state index in [0.717, 1.165) is 24.4 Å². The van der Waals surface area contributed by atoms with E-state index in [2.05, 4.69) is 25.8 Å². The van der Waals surface area contributed by atoms with Crippen molar-refractivity contribution in [1.82, 2.24) is 9.97 Å². The third kappa shape index (κ3) is 3.11. The second kappa shape index (κ2) is 5.68. The van der Waals surface area contributed by atoms with Crippen LogP contribution < -0.4 is 5.73 Å². The molecule has 20 heavy (non-hydrogen) atoms. The van der Waals surface area contributed by atoms with E-state index in [0.29, 0.717) is 12.4 Å². The van der Waals surface area contributed by atoms with Crippen molar-refractivity contribution in [3.8, 4) is 0 Å². The number of aromatic nitrogens is 2. The minimum Gasteiger partial charge on any atom is -0.384 e. The van der Waals surface area contributed by atoms with Crippen LogP contribution in [0.2, 0.25) is 0 Å². The number of rotatable bonds is 3. The summed E-state index contributed by atoms with van der Waals surface area (Å²) < 4.78 is 6.10. The van der Waals surface area contributed by atoms with Crippen LogP contribution in [-0.2, 0) is 15.8 Å². The molecule has 1 aromatic heterocycles. The van der Waals surface area contributed by atoms with Crippen molar-refractivity contribution in [2.24, 2.45) is 0 Å². The highest BCUT2D eigenvalue weighted by Gasteiger charge is 2.38. The zero-order chi connectivity index (χ0) is 14.8. The molecular formula is C16H27N3O. The molecule has 112 valence electrons. The molecule has 0 amide bonds. The van der Waals surface area contributed by atoms with Crippen molar-refractivity contribution in [2.45, 2.75) is 70.8 Å². The van der Waals surface area contributed by atoms with Crippen LogP contribution in [0.25, 0.3) is 0 Å². The Morgan fingerprint density at radius 3 is 2.40 bits per heavy atom. The van der Waals surface area contributed by atoms with E-state index in [4.69, 9.17) is 15.5 Å². The first-order valence-electron chi connectivity index (χ1n) is 7.67. The van der Waals surface area contributed by atoms with Crippen LogP contribution in [0.4, 0.5) is 5.82 Å². The van der Waals surface area contributed by atoms with Crippen molar-refractivity contribution in [3.63, 3.8) is 0 Å². The van der Waals surface area contributed by atoms with Gasteiger partial charge in [0, 0.05) is 18.1 Å². The van der Waals surface area contributed by atoms with E-state index in [1.54, 1.807) is 0 Å². The number of ether oxygens (including phenoxy) is 1. The summed E-state index contributed by atoms with van der Waals surface area (Å²) in [5.74, 6) is 1.33. The Morgan fingerprint density at radius 1 is 1.20 bits per heavy atom. The lowest BCUT2D eigenvalue weighted by molar-refractivity contribution is -0.0768. The Labute approximate surface area is 122 Å². The molecule has 1 heterocycles. The maximum absolute atomic E-state index is 6.10. The van der Waals surface area contributed by atoms with Gasteiger partial charge in [-0.25, -0.2) is 9.97 Å². The van der Waals surface area contributed by atoms with Gasteiger partial charge in [-0.05, 0) is 19.8 Å². The molecule has 1 fully saturated rings. The molecule has 1 saturated carbocycles. The zero-order valence-corrected chi connectivity index (χ0v) is 13.2. The molecule has 0 bridgehead atoms. The molecule has 1 aliphatic rings. The molecule has 2 rings (SSSR count). The Bertz CT molecular complexity index is 454. The number of anilines is 1. The average Bonchev–Trinajstić information content (AvgIpc) is 2.38. The standard InChI is InChI=1S/C16H27N3O/c1-5-20-16(9-7-6-8-10-16)14-18-12(15(2,3)4)11-13(17)19-14/h11H,5-10H2,1-4H3,(H2,17,18,19). The van der Waals surface area contributed by atoms with Crippen molar-refractivity contribution in [3.05, 3.63) is 17.6 Å². The number of nitrogen functional groups attached to an aromatic ring is 1. The quantitative estimate of drug-likeness (QED) is 0.917. The molecule has 4 nitrogen and oxygen atoms in total. The third-order valence-electron chi connectivity index (χ3n) is 4.00. The normalized spacial score (nSPS) is 19.0. The van der Waals surface area contributed by atoms with Crippen LogP contribution in [-0.4, -0.2) is 16.6 Å². The second-order valence-electron chi connectivity index (χ2n) is 6.74. The van der Waals surface area contributed by atoms with Crippen LogP contribution >= 0.6 is 0 Å². The van der Waals surface area contributed by atoms with Crippen LogP contribution in [0, 0.1) is 0 Å². The van der Waals surface area contributed by atoms with Crippen LogP contribution in [0.3, 0.4) is 0 Å². The molecule has 0 unspecified atom stereocenters. The number of hydrogen-bond donors (Lipinski definition) is 1. The second-order valence-corrected chi connectivity index (χ2v) is 6.74. The molecule has 1 aromatic rings. The van der Waals surface area contributed by atoms with E-state index in [1.807, 2.05) is 13.0 Å². The maximum Gasteiger partial charge on any atom is 0.162 e. The van der Waals surface area contributed by atoms with Crippen molar-refractivity contribution in [2.75, 3.05) is 12.3 Å². The summed E-state index contributed by atoms with van der Waals surface area (Å²) in [6.45, 7) is 9.16. The minimum absolute atomic E-state index is 0.0338. The van der Waals surface area contributed by atoms with Gasteiger partial charge in [0.05, 0.1) is 5.69 Å². The van der Waals surface area contributed by atoms with Crippen molar-refractivity contribution >= 4 is 5.82 Å². The fourth-order valence-corrected chi connectivity index (χ4v) is 2.89. The fourth-order valence-electron chi connectivity index (χ4n) is 2.89. The Morgan fingerprint density at radius 2 is 1.85 bits per heavy atom. The van der Waals surface area contributed by atoms with Crippen LogP contribution in [0.1, 0.15) is 71.3 Å². The van der Waals surface area contributed by atoms with Gasteiger partial charge in [-0.1, -0.05) is 40.0 Å². The minimum atomic E-state index is -0.331. The number of nitrogens with zero attached hydrogens (tertiary/aromatic N) is 2. The molecule has 2 N–H and O–H groups in total. The SMILES string of the molecule is CCOC1(c2nc(N)cc(C(C)(C)C)n2)CCCCC1. The van der Waals surface area contributed by atoms with Gasteiger partial charge in [0.1, 0.15) is 11.4 Å². The van der Waals surface area contributed by atoms with E-state index in [9.17, 15) is 0 Å². The van der Waals surface area contributed by atoms with E-state index in [-0.39, 0.29) is 11.0 Å². The van der Waals surface area contributed by atoms with Gasteiger partial charge in [0.15, 0.2) is 5.82 Å². The summed E-state index contributed by atoms with van der Waals surface area (Å²) in [6, 6.07) is 1.88. The fraction of sp³-hybridized carbons (Fsp3) is 0.750. The molecule has 4 heteroatoms. The van der Waals surface area contributed by atoms with E-state index < -0.39 is 0 Å². The van der Waals surface area contributed by atoms with Gasteiger partial charge in [-0.15, -0.1) is 0 Å².